The van der Waals surface area contributed by atoms with E-state index in [2.05, 4.69) is 15.6 Å². The van der Waals surface area contributed by atoms with Crippen LogP contribution in [0.4, 0.5) is 0 Å². The molecule has 3 rings (SSSR count). The second-order valence-corrected chi connectivity index (χ2v) is 7.73. The highest BCUT2D eigenvalue weighted by atomic mass is 32.2. The van der Waals surface area contributed by atoms with Gasteiger partial charge in [-0.2, -0.15) is 0 Å². The van der Waals surface area contributed by atoms with Gasteiger partial charge in [0.05, 0.1) is 10.4 Å². The number of aromatic nitrogens is 2. The highest BCUT2D eigenvalue weighted by Crippen LogP contribution is 2.28. The predicted molar refractivity (Wildman–Crippen MR) is 90.4 cm³/mol. The minimum Gasteiger partial charge on any atom is -0.354 e. The van der Waals surface area contributed by atoms with Crippen molar-refractivity contribution < 1.29 is 9.59 Å². The summed E-state index contributed by atoms with van der Waals surface area (Å²) in [5.74, 6) is 0.373. The molecule has 0 spiro atoms. The van der Waals surface area contributed by atoms with Crippen LogP contribution in [0.1, 0.15) is 19.5 Å². The first kappa shape index (κ1) is 15.9. The molecule has 3 heterocycles. The maximum absolute atomic E-state index is 12.2. The van der Waals surface area contributed by atoms with Crippen LogP contribution in [0.25, 0.3) is 5.65 Å². The van der Waals surface area contributed by atoms with E-state index in [0.29, 0.717) is 18.7 Å². The maximum Gasteiger partial charge on any atom is 0.243 e. The zero-order valence-electron chi connectivity index (χ0n) is 13.2. The molecule has 0 bridgehead atoms. The van der Waals surface area contributed by atoms with E-state index in [1.807, 2.05) is 48.8 Å². The molecule has 6 nitrogen and oxygen atoms in total. The second-order valence-electron chi connectivity index (χ2n) is 6.09. The number of carbonyl (C=O) groups excluding carboxylic acids is 2. The summed E-state index contributed by atoms with van der Waals surface area (Å²) >= 11 is 1.51. The highest BCUT2D eigenvalue weighted by Gasteiger charge is 2.37. The molecule has 1 aliphatic heterocycles. The molecule has 1 aliphatic rings. The molecule has 2 amide bonds. The van der Waals surface area contributed by atoms with Gasteiger partial charge in [0.15, 0.2) is 0 Å². The Bertz CT molecular complexity index is 708. The number of thioether (sulfide) groups is 1. The van der Waals surface area contributed by atoms with Crippen molar-refractivity contribution in [2.24, 2.45) is 0 Å². The number of imidazole rings is 1. The molecule has 0 radical (unpaired) electrons. The van der Waals surface area contributed by atoms with Crippen LogP contribution in [-0.4, -0.2) is 44.3 Å². The third kappa shape index (κ3) is 3.50. The molecule has 7 heteroatoms. The summed E-state index contributed by atoms with van der Waals surface area (Å²) in [5.41, 5.74) is 1.83. The van der Waals surface area contributed by atoms with E-state index in [9.17, 15) is 9.59 Å². The van der Waals surface area contributed by atoms with Crippen molar-refractivity contribution in [3.8, 4) is 0 Å². The van der Waals surface area contributed by atoms with Gasteiger partial charge in [0, 0.05) is 31.1 Å². The van der Waals surface area contributed by atoms with Gasteiger partial charge in [-0.1, -0.05) is 6.07 Å². The Morgan fingerprint density at radius 1 is 1.52 bits per heavy atom. The van der Waals surface area contributed by atoms with Crippen LogP contribution in [0.5, 0.6) is 0 Å². The summed E-state index contributed by atoms with van der Waals surface area (Å²) in [7, 11) is 0. The van der Waals surface area contributed by atoms with Crippen molar-refractivity contribution in [3.05, 3.63) is 36.3 Å². The zero-order chi connectivity index (χ0) is 16.4. The van der Waals surface area contributed by atoms with Gasteiger partial charge in [-0.3, -0.25) is 9.59 Å². The number of carbonyl (C=O) groups is 2. The zero-order valence-corrected chi connectivity index (χ0v) is 14.0. The molecule has 2 aromatic heterocycles. The van der Waals surface area contributed by atoms with Crippen LogP contribution < -0.4 is 10.6 Å². The molecular formula is C16H20N4O2S. The standard InChI is InChI=1S/C16H20N4O2S/c1-16(2)15(22)19-12(10-23-16)14(21)17-7-6-11-9-20-8-4-3-5-13(20)18-11/h3-5,8-9,12H,6-7,10H2,1-2H3,(H,17,21)(H,19,22)/t12-/m0/s1. The summed E-state index contributed by atoms with van der Waals surface area (Å²) < 4.78 is 1.49. The van der Waals surface area contributed by atoms with Crippen molar-refractivity contribution in [2.75, 3.05) is 12.3 Å². The Morgan fingerprint density at radius 2 is 2.35 bits per heavy atom. The molecule has 0 aromatic carbocycles. The van der Waals surface area contributed by atoms with Crippen LogP contribution in [-0.2, 0) is 16.0 Å². The Labute approximate surface area is 139 Å². The van der Waals surface area contributed by atoms with Crippen molar-refractivity contribution in [2.45, 2.75) is 31.1 Å². The SMILES string of the molecule is CC1(C)SC[C@@H](C(=O)NCCc2cn3ccccc3n2)NC1=O. The van der Waals surface area contributed by atoms with Crippen molar-refractivity contribution >= 4 is 29.2 Å². The Balaban J connectivity index is 1.50. The molecule has 0 saturated carbocycles. The van der Waals surface area contributed by atoms with Crippen LogP contribution in [0.2, 0.25) is 0 Å². The van der Waals surface area contributed by atoms with Crippen molar-refractivity contribution in [1.82, 2.24) is 20.0 Å². The smallest absolute Gasteiger partial charge is 0.243 e. The summed E-state index contributed by atoms with van der Waals surface area (Å²) in [6.07, 6.45) is 4.57. The lowest BCUT2D eigenvalue weighted by Gasteiger charge is -2.32. The lowest BCUT2D eigenvalue weighted by molar-refractivity contribution is -0.129. The number of rotatable bonds is 4. The average Bonchev–Trinajstić information content (AvgIpc) is 2.92. The number of nitrogens with one attached hydrogen (secondary N) is 2. The van der Waals surface area contributed by atoms with E-state index in [1.54, 1.807) is 0 Å². The summed E-state index contributed by atoms with van der Waals surface area (Å²) in [6.45, 7) is 4.23. The quantitative estimate of drug-likeness (QED) is 0.876. The summed E-state index contributed by atoms with van der Waals surface area (Å²) in [6, 6.07) is 5.38. The molecule has 1 fully saturated rings. The van der Waals surface area contributed by atoms with Gasteiger partial charge in [-0.05, 0) is 26.0 Å². The molecule has 2 N–H and O–H groups in total. The molecule has 1 saturated heterocycles. The lowest BCUT2D eigenvalue weighted by atomic mass is 10.1. The largest absolute Gasteiger partial charge is 0.354 e. The molecule has 0 unspecified atom stereocenters. The molecule has 23 heavy (non-hydrogen) atoms. The van der Waals surface area contributed by atoms with Gasteiger partial charge in [0.1, 0.15) is 11.7 Å². The van der Waals surface area contributed by atoms with Gasteiger partial charge in [0.25, 0.3) is 0 Å². The summed E-state index contributed by atoms with van der Waals surface area (Å²) in [5, 5.41) is 5.66. The van der Waals surface area contributed by atoms with Gasteiger partial charge in [-0.15, -0.1) is 11.8 Å². The van der Waals surface area contributed by atoms with Crippen LogP contribution in [0.15, 0.2) is 30.6 Å². The second kappa shape index (κ2) is 6.23. The van der Waals surface area contributed by atoms with Gasteiger partial charge in [-0.25, -0.2) is 4.98 Å². The van der Waals surface area contributed by atoms with Crippen LogP contribution in [0.3, 0.4) is 0 Å². The van der Waals surface area contributed by atoms with E-state index in [-0.39, 0.29) is 11.8 Å². The van der Waals surface area contributed by atoms with E-state index < -0.39 is 10.8 Å². The topological polar surface area (TPSA) is 75.5 Å². The molecule has 2 aromatic rings. The van der Waals surface area contributed by atoms with E-state index in [4.69, 9.17) is 0 Å². The predicted octanol–water partition coefficient (Wildman–Crippen LogP) is 1.00. The fourth-order valence-electron chi connectivity index (χ4n) is 2.42. The number of hydrogen-bond donors (Lipinski definition) is 2. The number of amides is 2. The Morgan fingerprint density at radius 3 is 3.09 bits per heavy atom. The lowest BCUT2D eigenvalue weighted by Crippen LogP contribution is -2.57. The third-order valence-corrected chi connectivity index (χ3v) is 5.28. The van der Waals surface area contributed by atoms with E-state index >= 15 is 0 Å². The average molecular weight is 332 g/mol. The van der Waals surface area contributed by atoms with Gasteiger partial charge < -0.3 is 15.0 Å². The van der Waals surface area contributed by atoms with Gasteiger partial charge in [0.2, 0.25) is 11.8 Å². The Kier molecular flexibility index (Phi) is 4.30. The molecule has 122 valence electrons. The molecule has 0 aliphatic carbocycles. The number of nitrogens with zero attached hydrogens (tertiary/aromatic N) is 2. The van der Waals surface area contributed by atoms with Crippen LogP contribution >= 0.6 is 11.8 Å². The highest BCUT2D eigenvalue weighted by molar-refractivity contribution is 8.01. The fourth-order valence-corrected chi connectivity index (χ4v) is 3.42. The first-order chi connectivity index (χ1) is 11.0. The number of fused-ring (bicyclic) bond motifs is 1. The van der Waals surface area contributed by atoms with E-state index in [1.165, 1.54) is 11.8 Å². The monoisotopic (exact) mass is 332 g/mol. The van der Waals surface area contributed by atoms with Gasteiger partial charge >= 0.3 is 0 Å². The summed E-state index contributed by atoms with van der Waals surface area (Å²) in [4.78, 5) is 28.5. The maximum atomic E-state index is 12.2. The fraction of sp³-hybridized carbons (Fsp3) is 0.438. The normalized spacial score (nSPS) is 20.3. The van der Waals surface area contributed by atoms with E-state index in [0.717, 1.165) is 11.3 Å². The van der Waals surface area contributed by atoms with Crippen molar-refractivity contribution in [3.63, 3.8) is 0 Å². The molecule has 1 atom stereocenters. The van der Waals surface area contributed by atoms with Crippen LogP contribution in [0, 0.1) is 0 Å². The first-order valence-electron chi connectivity index (χ1n) is 7.61. The third-order valence-electron chi connectivity index (χ3n) is 3.87. The first-order valence-corrected chi connectivity index (χ1v) is 8.59. The Hall–Kier alpha value is -2.02. The minimum atomic E-state index is -0.465. The number of hydrogen-bond acceptors (Lipinski definition) is 4. The van der Waals surface area contributed by atoms with Crippen molar-refractivity contribution in [1.29, 1.82) is 0 Å². The molecular weight excluding hydrogens is 312 g/mol. The minimum absolute atomic E-state index is 0.0887. The number of pyridine rings is 1.